The summed E-state index contributed by atoms with van der Waals surface area (Å²) in [5.41, 5.74) is 0. The first-order chi connectivity index (χ1) is 6.77. The molecule has 0 saturated carbocycles. The summed E-state index contributed by atoms with van der Waals surface area (Å²) in [6, 6.07) is 7.90. The van der Waals surface area contributed by atoms with Crippen LogP contribution in [0, 0.1) is 0 Å². The van der Waals surface area contributed by atoms with Crippen molar-refractivity contribution < 1.29 is 0 Å². The van der Waals surface area contributed by atoms with E-state index in [0.717, 1.165) is 16.1 Å². The molecule has 0 aliphatic heterocycles. The first kappa shape index (κ1) is 9.27. The second-order valence-electron chi connectivity index (χ2n) is 2.95. The molecule has 2 heterocycles. The number of rotatable bonds is 2. The average molecular weight is 252 g/mol. The van der Waals surface area contributed by atoms with Crippen molar-refractivity contribution in [2.75, 3.05) is 11.9 Å². The Bertz CT molecular complexity index is 394. The first-order valence-electron chi connectivity index (χ1n) is 4.26. The van der Waals surface area contributed by atoms with Gasteiger partial charge in [0.2, 0.25) is 0 Å². The van der Waals surface area contributed by atoms with Crippen LogP contribution in [0.2, 0.25) is 0 Å². The number of nitrogens with zero attached hydrogens (tertiary/aromatic N) is 2. The molecule has 72 valence electrons. The molecule has 0 bridgehead atoms. The van der Waals surface area contributed by atoms with Gasteiger partial charge >= 0.3 is 0 Å². The van der Waals surface area contributed by atoms with E-state index in [4.69, 9.17) is 0 Å². The van der Waals surface area contributed by atoms with Crippen LogP contribution in [0.4, 0.5) is 11.6 Å². The zero-order chi connectivity index (χ0) is 9.97. The van der Waals surface area contributed by atoms with Crippen molar-refractivity contribution in [1.82, 2.24) is 9.97 Å². The fraction of sp³-hybridized carbons (Fsp3) is 0.100. The van der Waals surface area contributed by atoms with Gasteiger partial charge in [0.25, 0.3) is 0 Å². The second kappa shape index (κ2) is 3.84. The van der Waals surface area contributed by atoms with Crippen molar-refractivity contribution in [1.29, 1.82) is 0 Å². The van der Waals surface area contributed by atoms with Crippen molar-refractivity contribution in [2.24, 2.45) is 0 Å². The van der Waals surface area contributed by atoms with Crippen LogP contribution in [0.1, 0.15) is 0 Å². The minimum atomic E-state index is 0.913. The number of halogens is 1. The van der Waals surface area contributed by atoms with Crippen LogP contribution in [-0.2, 0) is 0 Å². The molecule has 4 heteroatoms. The maximum atomic E-state index is 4.29. The van der Waals surface area contributed by atoms with Gasteiger partial charge < -0.3 is 9.88 Å². The van der Waals surface area contributed by atoms with Gasteiger partial charge in [0.05, 0.1) is 0 Å². The fourth-order valence-corrected chi connectivity index (χ4v) is 1.45. The lowest BCUT2D eigenvalue weighted by atomic mass is 10.4. The molecule has 0 aromatic carbocycles. The number of pyridine rings is 1. The Balaban J connectivity index is 2.28. The van der Waals surface area contributed by atoms with Crippen LogP contribution >= 0.6 is 15.9 Å². The maximum Gasteiger partial charge on any atom is 0.133 e. The molecule has 0 unspecified atom stereocenters. The van der Waals surface area contributed by atoms with E-state index in [2.05, 4.69) is 25.9 Å². The van der Waals surface area contributed by atoms with E-state index >= 15 is 0 Å². The number of nitrogens with one attached hydrogen (secondary N) is 1. The van der Waals surface area contributed by atoms with E-state index in [1.807, 2.05) is 42.4 Å². The van der Waals surface area contributed by atoms with E-state index in [-0.39, 0.29) is 0 Å². The summed E-state index contributed by atoms with van der Waals surface area (Å²) in [7, 11) is 1.97. The molecule has 2 aromatic rings. The molecule has 14 heavy (non-hydrogen) atoms. The molecule has 0 aliphatic carbocycles. The molecule has 2 rings (SSSR count). The highest BCUT2D eigenvalue weighted by Gasteiger charge is 2.04. The smallest absolute Gasteiger partial charge is 0.133 e. The lowest BCUT2D eigenvalue weighted by molar-refractivity contribution is 1.09. The van der Waals surface area contributed by atoms with Gasteiger partial charge in [0.15, 0.2) is 0 Å². The summed E-state index contributed by atoms with van der Waals surface area (Å²) in [5, 5.41) is 0. The lowest BCUT2D eigenvalue weighted by Crippen LogP contribution is -2.10. The molecule has 0 fully saturated rings. The van der Waals surface area contributed by atoms with Gasteiger partial charge in [-0.25, -0.2) is 4.98 Å². The Morgan fingerprint density at radius 3 is 2.79 bits per heavy atom. The second-order valence-corrected chi connectivity index (χ2v) is 3.86. The SMILES string of the molecule is CN(c1ccc(Br)cn1)c1ccc[nH]1. The summed E-state index contributed by atoms with van der Waals surface area (Å²) < 4.78 is 0.987. The largest absolute Gasteiger partial charge is 0.348 e. The van der Waals surface area contributed by atoms with Gasteiger partial charge in [-0.15, -0.1) is 0 Å². The molecular formula is C10H10BrN3. The monoisotopic (exact) mass is 251 g/mol. The third kappa shape index (κ3) is 1.80. The normalized spacial score (nSPS) is 10.1. The molecule has 0 atom stereocenters. The number of H-pyrrole nitrogens is 1. The highest BCUT2D eigenvalue weighted by Crippen LogP contribution is 2.20. The zero-order valence-electron chi connectivity index (χ0n) is 7.74. The Morgan fingerprint density at radius 1 is 1.36 bits per heavy atom. The van der Waals surface area contributed by atoms with Gasteiger partial charge in [-0.3, -0.25) is 0 Å². The lowest BCUT2D eigenvalue weighted by Gasteiger charge is -2.15. The van der Waals surface area contributed by atoms with Crippen LogP contribution in [-0.4, -0.2) is 17.0 Å². The minimum absolute atomic E-state index is 0.913. The third-order valence-electron chi connectivity index (χ3n) is 2.00. The Kier molecular flexibility index (Phi) is 2.54. The standard InChI is InChI=1S/C10H10BrN3/c1-14(9-3-2-6-12-9)10-5-4-8(11)7-13-10/h2-7,12H,1H3. The van der Waals surface area contributed by atoms with Crippen molar-refractivity contribution in [3.63, 3.8) is 0 Å². The fourth-order valence-electron chi connectivity index (χ4n) is 1.22. The number of anilines is 2. The summed E-state index contributed by atoms with van der Waals surface area (Å²) >= 11 is 3.35. The molecule has 2 aromatic heterocycles. The number of hydrogen-bond acceptors (Lipinski definition) is 2. The van der Waals surface area contributed by atoms with E-state index < -0.39 is 0 Å². The summed E-state index contributed by atoms with van der Waals surface area (Å²) in [6.07, 6.45) is 3.68. The van der Waals surface area contributed by atoms with Crippen LogP contribution < -0.4 is 4.90 Å². The van der Waals surface area contributed by atoms with Gasteiger partial charge in [-0.1, -0.05) is 0 Å². The van der Waals surface area contributed by atoms with Gasteiger partial charge in [-0.05, 0) is 40.2 Å². The molecule has 0 radical (unpaired) electrons. The topological polar surface area (TPSA) is 31.9 Å². The Hall–Kier alpha value is -1.29. The van der Waals surface area contributed by atoms with Crippen LogP contribution in [0.15, 0.2) is 41.1 Å². The molecule has 1 N–H and O–H groups in total. The predicted octanol–water partition coefficient (Wildman–Crippen LogP) is 2.94. The summed E-state index contributed by atoms with van der Waals surface area (Å²) in [4.78, 5) is 9.41. The summed E-state index contributed by atoms with van der Waals surface area (Å²) in [6.45, 7) is 0. The number of hydrogen-bond donors (Lipinski definition) is 1. The minimum Gasteiger partial charge on any atom is -0.348 e. The van der Waals surface area contributed by atoms with Gasteiger partial charge in [0.1, 0.15) is 11.6 Å². The average Bonchev–Trinajstić information content (AvgIpc) is 2.71. The van der Waals surface area contributed by atoms with Crippen molar-refractivity contribution in [2.45, 2.75) is 0 Å². The Morgan fingerprint density at radius 2 is 2.21 bits per heavy atom. The van der Waals surface area contributed by atoms with Crippen molar-refractivity contribution in [3.8, 4) is 0 Å². The van der Waals surface area contributed by atoms with E-state index in [1.165, 1.54) is 0 Å². The highest BCUT2D eigenvalue weighted by atomic mass is 79.9. The molecule has 0 aliphatic rings. The maximum absolute atomic E-state index is 4.29. The zero-order valence-corrected chi connectivity index (χ0v) is 9.32. The van der Waals surface area contributed by atoms with Crippen molar-refractivity contribution in [3.05, 3.63) is 41.1 Å². The highest BCUT2D eigenvalue weighted by molar-refractivity contribution is 9.10. The molecule has 0 spiro atoms. The number of aromatic nitrogens is 2. The molecular weight excluding hydrogens is 242 g/mol. The summed E-state index contributed by atoms with van der Waals surface area (Å²) in [5.74, 6) is 1.94. The van der Waals surface area contributed by atoms with Crippen LogP contribution in [0.5, 0.6) is 0 Å². The van der Waals surface area contributed by atoms with E-state index in [9.17, 15) is 0 Å². The molecule has 0 amide bonds. The molecule has 0 saturated heterocycles. The predicted molar refractivity (Wildman–Crippen MR) is 60.8 cm³/mol. The van der Waals surface area contributed by atoms with Crippen molar-refractivity contribution >= 4 is 27.6 Å². The van der Waals surface area contributed by atoms with Gasteiger partial charge in [0, 0.05) is 23.9 Å². The van der Waals surface area contributed by atoms with Crippen LogP contribution in [0.3, 0.4) is 0 Å². The first-order valence-corrected chi connectivity index (χ1v) is 5.05. The number of aromatic amines is 1. The van der Waals surface area contributed by atoms with E-state index in [0.29, 0.717) is 0 Å². The van der Waals surface area contributed by atoms with Gasteiger partial charge in [-0.2, -0.15) is 0 Å². The Labute approximate surface area is 90.9 Å². The quantitative estimate of drug-likeness (QED) is 0.891. The molecule has 3 nitrogen and oxygen atoms in total. The third-order valence-corrected chi connectivity index (χ3v) is 2.47. The van der Waals surface area contributed by atoms with E-state index in [1.54, 1.807) is 6.20 Å². The van der Waals surface area contributed by atoms with Crippen LogP contribution in [0.25, 0.3) is 0 Å².